The van der Waals surface area contributed by atoms with E-state index in [-0.39, 0.29) is 0 Å². The standard InChI is InChI=1S/C14H20BrClN2/c1-10-3-2-6-18(14(10)8-17)9-11-7-12(15)4-5-13(11)16/h4-5,7,10,14H,2-3,6,8-9,17H2,1H3. The summed E-state index contributed by atoms with van der Waals surface area (Å²) in [7, 11) is 0. The van der Waals surface area contributed by atoms with E-state index in [4.69, 9.17) is 17.3 Å². The average molecular weight is 332 g/mol. The van der Waals surface area contributed by atoms with Crippen LogP contribution in [0.4, 0.5) is 0 Å². The van der Waals surface area contributed by atoms with Crippen LogP contribution in [0.2, 0.25) is 5.02 Å². The van der Waals surface area contributed by atoms with Crippen molar-refractivity contribution in [2.45, 2.75) is 32.4 Å². The third-order valence-electron chi connectivity index (χ3n) is 3.85. The molecule has 1 heterocycles. The van der Waals surface area contributed by atoms with Gasteiger partial charge in [-0.3, -0.25) is 4.90 Å². The number of nitrogens with zero attached hydrogens (tertiary/aromatic N) is 1. The van der Waals surface area contributed by atoms with Gasteiger partial charge in [-0.1, -0.05) is 34.5 Å². The van der Waals surface area contributed by atoms with Crippen molar-refractivity contribution in [1.82, 2.24) is 4.90 Å². The summed E-state index contributed by atoms with van der Waals surface area (Å²) in [6, 6.07) is 6.51. The minimum atomic E-state index is 0.480. The lowest BCUT2D eigenvalue weighted by atomic mass is 9.90. The zero-order valence-corrected chi connectivity index (χ0v) is 13.0. The lowest BCUT2D eigenvalue weighted by Crippen LogP contribution is -2.48. The van der Waals surface area contributed by atoms with Crippen molar-refractivity contribution in [2.75, 3.05) is 13.1 Å². The Bertz CT molecular complexity index is 411. The molecule has 100 valence electrons. The van der Waals surface area contributed by atoms with Gasteiger partial charge in [0.1, 0.15) is 0 Å². The number of halogens is 2. The molecular formula is C14H20BrClN2. The first-order chi connectivity index (χ1) is 8.61. The Kier molecular flexibility index (Phi) is 5.07. The maximum atomic E-state index is 6.26. The van der Waals surface area contributed by atoms with E-state index in [1.807, 2.05) is 12.1 Å². The van der Waals surface area contributed by atoms with E-state index >= 15 is 0 Å². The van der Waals surface area contributed by atoms with E-state index in [2.05, 4.69) is 33.8 Å². The monoisotopic (exact) mass is 330 g/mol. The highest BCUT2D eigenvalue weighted by Gasteiger charge is 2.27. The molecular weight excluding hydrogens is 312 g/mol. The van der Waals surface area contributed by atoms with Crippen molar-refractivity contribution < 1.29 is 0 Å². The molecule has 1 aromatic carbocycles. The normalized spacial score (nSPS) is 25.3. The van der Waals surface area contributed by atoms with Gasteiger partial charge in [0.2, 0.25) is 0 Å². The molecule has 2 atom stereocenters. The molecule has 1 aliphatic rings. The third-order valence-corrected chi connectivity index (χ3v) is 4.72. The van der Waals surface area contributed by atoms with Gasteiger partial charge < -0.3 is 5.73 Å². The highest BCUT2D eigenvalue weighted by atomic mass is 79.9. The number of benzene rings is 1. The molecule has 0 aliphatic carbocycles. The Labute approximate surface area is 123 Å². The molecule has 2 rings (SSSR count). The molecule has 1 fully saturated rings. The molecule has 2 N–H and O–H groups in total. The summed E-state index contributed by atoms with van der Waals surface area (Å²) in [6.45, 7) is 5.04. The molecule has 1 aliphatic heterocycles. The van der Waals surface area contributed by atoms with Crippen LogP contribution < -0.4 is 5.73 Å². The summed E-state index contributed by atoms with van der Waals surface area (Å²) in [6.07, 6.45) is 2.54. The molecule has 0 bridgehead atoms. The van der Waals surface area contributed by atoms with Crippen LogP contribution in [0.3, 0.4) is 0 Å². The summed E-state index contributed by atoms with van der Waals surface area (Å²) < 4.78 is 1.08. The molecule has 0 radical (unpaired) electrons. The van der Waals surface area contributed by atoms with E-state index in [0.717, 1.165) is 29.1 Å². The van der Waals surface area contributed by atoms with E-state index in [9.17, 15) is 0 Å². The van der Waals surface area contributed by atoms with Crippen molar-refractivity contribution in [1.29, 1.82) is 0 Å². The van der Waals surface area contributed by atoms with Crippen molar-refractivity contribution in [3.63, 3.8) is 0 Å². The predicted octanol–water partition coefficient (Wildman–Crippen LogP) is 3.66. The molecule has 1 aromatic rings. The van der Waals surface area contributed by atoms with Crippen molar-refractivity contribution in [2.24, 2.45) is 11.7 Å². The second-order valence-corrected chi connectivity index (χ2v) is 6.45. The summed E-state index contributed by atoms with van der Waals surface area (Å²) >= 11 is 9.77. The molecule has 0 saturated carbocycles. The number of hydrogen-bond donors (Lipinski definition) is 1. The van der Waals surface area contributed by atoms with Crippen molar-refractivity contribution in [3.8, 4) is 0 Å². The third kappa shape index (κ3) is 3.27. The van der Waals surface area contributed by atoms with E-state index in [1.165, 1.54) is 18.4 Å². The summed E-state index contributed by atoms with van der Waals surface area (Å²) in [5, 5.41) is 0.840. The summed E-state index contributed by atoms with van der Waals surface area (Å²) in [5.74, 6) is 0.676. The van der Waals surface area contributed by atoms with Crippen LogP contribution in [0.5, 0.6) is 0 Å². The lowest BCUT2D eigenvalue weighted by molar-refractivity contribution is 0.0991. The Hall–Kier alpha value is -0.0900. The molecule has 0 amide bonds. The summed E-state index contributed by atoms with van der Waals surface area (Å²) in [4.78, 5) is 2.47. The van der Waals surface area contributed by atoms with Gasteiger partial charge in [-0.2, -0.15) is 0 Å². The minimum absolute atomic E-state index is 0.480. The minimum Gasteiger partial charge on any atom is -0.329 e. The van der Waals surface area contributed by atoms with Crippen LogP contribution in [0.15, 0.2) is 22.7 Å². The number of nitrogens with two attached hydrogens (primary N) is 1. The zero-order valence-electron chi connectivity index (χ0n) is 10.7. The number of rotatable bonds is 3. The van der Waals surface area contributed by atoms with Gasteiger partial charge in [0, 0.05) is 28.6 Å². The van der Waals surface area contributed by atoms with Gasteiger partial charge in [-0.15, -0.1) is 0 Å². The van der Waals surface area contributed by atoms with E-state index in [0.29, 0.717) is 12.0 Å². The smallest absolute Gasteiger partial charge is 0.0451 e. The fourth-order valence-electron chi connectivity index (χ4n) is 2.80. The van der Waals surface area contributed by atoms with Gasteiger partial charge in [-0.25, -0.2) is 0 Å². The average Bonchev–Trinajstić information content (AvgIpc) is 2.34. The quantitative estimate of drug-likeness (QED) is 0.916. The van der Waals surface area contributed by atoms with Gasteiger partial charge in [-0.05, 0) is 49.1 Å². The van der Waals surface area contributed by atoms with E-state index in [1.54, 1.807) is 0 Å². The van der Waals surface area contributed by atoms with Gasteiger partial charge in [0.25, 0.3) is 0 Å². The highest BCUT2D eigenvalue weighted by Crippen LogP contribution is 2.27. The Morgan fingerprint density at radius 1 is 1.50 bits per heavy atom. The van der Waals surface area contributed by atoms with Crippen molar-refractivity contribution in [3.05, 3.63) is 33.3 Å². The fraction of sp³-hybridized carbons (Fsp3) is 0.571. The fourth-order valence-corrected chi connectivity index (χ4v) is 3.38. The first kappa shape index (κ1) is 14.3. The van der Waals surface area contributed by atoms with Gasteiger partial charge in [0.15, 0.2) is 0 Å². The molecule has 2 unspecified atom stereocenters. The number of likely N-dealkylation sites (tertiary alicyclic amines) is 1. The largest absolute Gasteiger partial charge is 0.329 e. The van der Waals surface area contributed by atoms with Crippen LogP contribution in [0.1, 0.15) is 25.3 Å². The van der Waals surface area contributed by atoms with Crippen molar-refractivity contribution >= 4 is 27.5 Å². The van der Waals surface area contributed by atoms with Gasteiger partial charge in [0.05, 0.1) is 0 Å². The first-order valence-electron chi connectivity index (χ1n) is 6.50. The van der Waals surface area contributed by atoms with Crippen LogP contribution >= 0.6 is 27.5 Å². The molecule has 0 spiro atoms. The Balaban J connectivity index is 2.14. The molecule has 2 nitrogen and oxygen atoms in total. The topological polar surface area (TPSA) is 29.3 Å². The SMILES string of the molecule is CC1CCCN(Cc2cc(Br)ccc2Cl)C1CN. The molecule has 1 saturated heterocycles. The molecule has 0 aromatic heterocycles. The predicted molar refractivity (Wildman–Crippen MR) is 80.8 cm³/mol. The second kappa shape index (κ2) is 6.38. The van der Waals surface area contributed by atoms with Crippen LogP contribution in [0.25, 0.3) is 0 Å². The molecule has 4 heteroatoms. The van der Waals surface area contributed by atoms with Crippen LogP contribution in [-0.4, -0.2) is 24.0 Å². The van der Waals surface area contributed by atoms with E-state index < -0.39 is 0 Å². The maximum absolute atomic E-state index is 6.26. The van der Waals surface area contributed by atoms with Crippen LogP contribution in [0, 0.1) is 5.92 Å². The lowest BCUT2D eigenvalue weighted by Gasteiger charge is -2.39. The van der Waals surface area contributed by atoms with Crippen LogP contribution in [-0.2, 0) is 6.54 Å². The van der Waals surface area contributed by atoms with Gasteiger partial charge >= 0.3 is 0 Å². The summed E-state index contributed by atoms with van der Waals surface area (Å²) in [5.41, 5.74) is 7.10. The maximum Gasteiger partial charge on any atom is 0.0451 e. The highest BCUT2D eigenvalue weighted by molar-refractivity contribution is 9.10. The number of piperidine rings is 1. The Morgan fingerprint density at radius 3 is 3.00 bits per heavy atom. The zero-order chi connectivity index (χ0) is 13.1. The number of hydrogen-bond acceptors (Lipinski definition) is 2. The second-order valence-electron chi connectivity index (χ2n) is 5.13. The molecule has 18 heavy (non-hydrogen) atoms. The first-order valence-corrected chi connectivity index (χ1v) is 7.67. The Morgan fingerprint density at radius 2 is 2.28 bits per heavy atom.